The lowest BCUT2D eigenvalue weighted by Crippen LogP contribution is -2.37. The van der Waals surface area contributed by atoms with Crippen LogP contribution in [0.1, 0.15) is 43.0 Å². The third-order valence-electron chi connectivity index (χ3n) is 5.11. The van der Waals surface area contributed by atoms with Gasteiger partial charge >= 0.3 is 0 Å². The summed E-state index contributed by atoms with van der Waals surface area (Å²) in [5.74, 6) is 0.139. The number of hydrogen-bond acceptors (Lipinski definition) is 5. The van der Waals surface area contributed by atoms with Gasteiger partial charge in [-0.25, -0.2) is 4.98 Å². The molecule has 0 unspecified atom stereocenters. The van der Waals surface area contributed by atoms with E-state index in [1.165, 1.54) is 24.6 Å². The number of aryl methyl sites for hydroxylation is 2. The van der Waals surface area contributed by atoms with Crippen molar-refractivity contribution in [3.8, 4) is 0 Å². The van der Waals surface area contributed by atoms with E-state index in [4.69, 9.17) is 4.98 Å². The average Bonchev–Trinajstić information content (AvgIpc) is 2.83. The summed E-state index contributed by atoms with van der Waals surface area (Å²) in [4.78, 5) is 34.5. The molecule has 1 aliphatic rings. The number of likely N-dealkylation sites (tertiary alicyclic amines) is 1. The second-order valence-corrected chi connectivity index (χ2v) is 9.57. The number of nitrogens with zero attached hydrogens (tertiary/aromatic N) is 3. The highest BCUT2D eigenvalue weighted by molar-refractivity contribution is 8.00. The molecule has 5 nitrogen and oxygen atoms in total. The number of thioether (sulfide) groups is 1. The number of amides is 1. The summed E-state index contributed by atoms with van der Waals surface area (Å²) in [6.07, 6.45) is 6.23. The van der Waals surface area contributed by atoms with Gasteiger partial charge in [0.2, 0.25) is 5.91 Å². The highest BCUT2D eigenvalue weighted by Crippen LogP contribution is 2.30. The molecule has 3 rings (SSSR count). The van der Waals surface area contributed by atoms with Crippen LogP contribution in [0, 0.1) is 13.8 Å². The fourth-order valence-corrected chi connectivity index (χ4v) is 5.52. The first-order chi connectivity index (χ1) is 12.9. The minimum Gasteiger partial charge on any atom is -0.342 e. The normalized spacial score (nSPS) is 16.3. The lowest BCUT2D eigenvalue weighted by Gasteiger charge is -2.24. The number of carbonyl (C=O) groups is 1. The maximum Gasteiger partial charge on any atom is 0.263 e. The van der Waals surface area contributed by atoms with E-state index in [0.29, 0.717) is 17.1 Å². The van der Waals surface area contributed by atoms with E-state index in [2.05, 4.69) is 6.58 Å². The number of rotatable bonds is 5. The zero-order valence-electron chi connectivity index (χ0n) is 16.3. The Morgan fingerprint density at radius 2 is 1.96 bits per heavy atom. The van der Waals surface area contributed by atoms with E-state index in [9.17, 15) is 9.59 Å². The monoisotopic (exact) mass is 405 g/mol. The van der Waals surface area contributed by atoms with Crippen LogP contribution < -0.4 is 5.56 Å². The molecule has 1 saturated heterocycles. The molecule has 2 aromatic rings. The topological polar surface area (TPSA) is 55.2 Å². The lowest BCUT2D eigenvalue weighted by atomic mass is 10.2. The number of allylic oxidation sites excluding steroid dienone is 1. The molecule has 27 heavy (non-hydrogen) atoms. The zero-order chi connectivity index (χ0) is 19.6. The van der Waals surface area contributed by atoms with E-state index in [1.54, 1.807) is 22.0 Å². The minimum absolute atomic E-state index is 0.0429. The molecule has 0 radical (unpaired) electrons. The van der Waals surface area contributed by atoms with E-state index in [0.717, 1.165) is 41.2 Å². The maximum absolute atomic E-state index is 13.0. The van der Waals surface area contributed by atoms with Gasteiger partial charge in [-0.05, 0) is 39.2 Å². The first kappa shape index (κ1) is 20.1. The smallest absolute Gasteiger partial charge is 0.263 e. The van der Waals surface area contributed by atoms with Crippen molar-refractivity contribution in [1.29, 1.82) is 0 Å². The fraction of sp³-hybridized carbons (Fsp3) is 0.550. The van der Waals surface area contributed by atoms with Crippen LogP contribution in [0.5, 0.6) is 0 Å². The zero-order valence-corrected chi connectivity index (χ0v) is 17.9. The maximum atomic E-state index is 13.0. The molecule has 0 aromatic carbocycles. The van der Waals surface area contributed by atoms with E-state index in [1.807, 2.05) is 25.7 Å². The van der Waals surface area contributed by atoms with Crippen molar-refractivity contribution in [3.05, 3.63) is 33.4 Å². The Labute approximate surface area is 168 Å². The quantitative estimate of drug-likeness (QED) is 0.426. The molecule has 1 aliphatic heterocycles. The molecule has 0 saturated carbocycles. The second kappa shape index (κ2) is 8.61. The summed E-state index contributed by atoms with van der Waals surface area (Å²) in [6.45, 7) is 11.7. The Hall–Kier alpha value is -1.60. The van der Waals surface area contributed by atoms with Crippen molar-refractivity contribution < 1.29 is 4.79 Å². The standard InChI is InChI=1S/C20H27N3O2S2/c1-5-10-23-19(25)16-13(2)14(3)26-17(16)21-20(23)27-15(4)18(24)22-11-8-6-7-9-12-22/h5,15H,1,6-12H2,2-4H3/t15-/m1/s1. The summed E-state index contributed by atoms with van der Waals surface area (Å²) in [7, 11) is 0. The van der Waals surface area contributed by atoms with Gasteiger partial charge in [-0.15, -0.1) is 17.9 Å². The van der Waals surface area contributed by atoms with Crippen molar-refractivity contribution >= 4 is 39.2 Å². The Morgan fingerprint density at radius 3 is 2.59 bits per heavy atom. The van der Waals surface area contributed by atoms with Crippen LogP contribution in [0.25, 0.3) is 10.2 Å². The molecule has 0 N–H and O–H groups in total. The van der Waals surface area contributed by atoms with Gasteiger partial charge in [0.05, 0.1) is 10.6 Å². The van der Waals surface area contributed by atoms with Gasteiger partial charge in [0.25, 0.3) is 5.56 Å². The number of fused-ring (bicyclic) bond motifs is 1. The summed E-state index contributed by atoms with van der Waals surface area (Å²) in [5.41, 5.74) is 0.953. The van der Waals surface area contributed by atoms with Crippen LogP contribution in [0.2, 0.25) is 0 Å². The fourth-order valence-electron chi connectivity index (χ4n) is 3.45. The molecule has 7 heteroatoms. The van der Waals surface area contributed by atoms with Crippen molar-refractivity contribution in [2.75, 3.05) is 13.1 Å². The molecule has 1 amide bonds. The SMILES string of the molecule is C=CCn1c(S[C@H](C)C(=O)N2CCCCCC2)nc2sc(C)c(C)c2c1=O. The minimum atomic E-state index is -0.273. The number of hydrogen-bond donors (Lipinski definition) is 0. The van der Waals surface area contributed by atoms with Crippen molar-refractivity contribution in [2.24, 2.45) is 0 Å². The molecular weight excluding hydrogens is 378 g/mol. The van der Waals surface area contributed by atoms with Crippen LogP contribution in [-0.2, 0) is 11.3 Å². The van der Waals surface area contributed by atoms with E-state index >= 15 is 0 Å². The molecule has 2 aromatic heterocycles. The molecule has 1 atom stereocenters. The van der Waals surface area contributed by atoms with Gasteiger partial charge in [0.15, 0.2) is 5.16 Å². The van der Waals surface area contributed by atoms with Gasteiger partial charge in [-0.1, -0.05) is 30.7 Å². The highest BCUT2D eigenvalue weighted by atomic mass is 32.2. The Bertz CT molecular complexity index is 908. The molecular formula is C20H27N3O2S2. The van der Waals surface area contributed by atoms with E-state index in [-0.39, 0.29) is 16.7 Å². The van der Waals surface area contributed by atoms with Crippen molar-refractivity contribution in [2.45, 2.75) is 63.4 Å². The Balaban J connectivity index is 1.93. The van der Waals surface area contributed by atoms with Crippen LogP contribution in [0.3, 0.4) is 0 Å². The predicted octanol–water partition coefficient (Wildman–Crippen LogP) is 4.14. The largest absolute Gasteiger partial charge is 0.342 e. The number of thiophene rings is 1. The average molecular weight is 406 g/mol. The van der Waals surface area contributed by atoms with Gasteiger partial charge in [0, 0.05) is 24.5 Å². The van der Waals surface area contributed by atoms with Crippen LogP contribution >= 0.6 is 23.1 Å². The molecule has 3 heterocycles. The molecule has 0 bridgehead atoms. The second-order valence-electron chi connectivity index (χ2n) is 7.06. The first-order valence-electron chi connectivity index (χ1n) is 9.51. The van der Waals surface area contributed by atoms with Crippen LogP contribution in [0.15, 0.2) is 22.6 Å². The van der Waals surface area contributed by atoms with Crippen molar-refractivity contribution in [1.82, 2.24) is 14.5 Å². The summed E-state index contributed by atoms with van der Waals surface area (Å²) >= 11 is 2.92. The highest BCUT2D eigenvalue weighted by Gasteiger charge is 2.25. The molecule has 1 fully saturated rings. The summed E-state index contributed by atoms with van der Waals surface area (Å²) in [6, 6.07) is 0. The third-order valence-corrected chi connectivity index (χ3v) is 7.29. The number of carbonyl (C=O) groups excluding carboxylic acids is 1. The summed E-state index contributed by atoms with van der Waals surface area (Å²) in [5, 5.41) is 1.02. The van der Waals surface area contributed by atoms with Gasteiger partial charge in [0.1, 0.15) is 4.83 Å². The van der Waals surface area contributed by atoms with Crippen molar-refractivity contribution in [3.63, 3.8) is 0 Å². The van der Waals surface area contributed by atoms with Gasteiger partial charge in [-0.3, -0.25) is 14.2 Å². The predicted molar refractivity (Wildman–Crippen MR) is 114 cm³/mol. The van der Waals surface area contributed by atoms with Crippen LogP contribution in [-0.4, -0.2) is 38.7 Å². The number of aromatic nitrogens is 2. The summed E-state index contributed by atoms with van der Waals surface area (Å²) < 4.78 is 1.64. The molecule has 0 spiro atoms. The Kier molecular flexibility index (Phi) is 6.42. The van der Waals surface area contributed by atoms with Crippen LogP contribution in [0.4, 0.5) is 0 Å². The molecule has 146 valence electrons. The lowest BCUT2D eigenvalue weighted by molar-refractivity contribution is -0.130. The van der Waals surface area contributed by atoms with E-state index < -0.39 is 0 Å². The third kappa shape index (κ3) is 4.14. The van der Waals surface area contributed by atoms with Gasteiger partial charge in [-0.2, -0.15) is 0 Å². The first-order valence-corrected chi connectivity index (χ1v) is 11.2. The Morgan fingerprint density at radius 1 is 1.30 bits per heavy atom. The molecule has 0 aliphatic carbocycles. The van der Waals surface area contributed by atoms with Gasteiger partial charge < -0.3 is 4.90 Å².